The third kappa shape index (κ3) is 3.16. The quantitative estimate of drug-likeness (QED) is 0.535. The fourth-order valence-corrected chi connectivity index (χ4v) is 4.09. The molecule has 0 radical (unpaired) electrons. The Morgan fingerprint density at radius 2 is 1.76 bits per heavy atom. The van der Waals surface area contributed by atoms with Gasteiger partial charge in [0.2, 0.25) is 0 Å². The molecule has 1 heterocycles. The Labute approximate surface area is 151 Å². The molecule has 0 fully saturated rings. The lowest BCUT2D eigenvalue weighted by molar-refractivity contribution is 0.490. The summed E-state index contributed by atoms with van der Waals surface area (Å²) in [6.45, 7) is 4.62. The maximum atomic E-state index is 2.51. The molecule has 0 aliphatic heterocycles. The van der Waals surface area contributed by atoms with Gasteiger partial charge in [-0.05, 0) is 66.5 Å². The first kappa shape index (κ1) is 16.2. The minimum Gasteiger partial charge on any atom is -0.313 e. The number of hydrogen-bond acceptors (Lipinski definition) is 0. The summed E-state index contributed by atoms with van der Waals surface area (Å²) < 4.78 is 2.51. The fourth-order valence-electron chi connectivity index (χ4n) is 4.09. The van der Waals surface area contributed by atoms with Crippen LogP contribution in [0.25, 0.3) is 16.9 Å². The second-order valence-corrected chi connectivity index (χ2v) is 7.47. The smallest absolute Gasteiger partial charge is 0.0534 e. The topological polar surface area (TPSA) is 4.93 Å². The first-order valence-corrected chi connectivity index (χ1v) is 9.64. The van der Waals surface area contributed by atoms with E-state index >= 15 is 0 Å². The zero-order valence-electron chi connectivity index (χ0n) is 15.3. The van der Waals surface area contributed by atoms with E-state index in [2.05, 4.69) is 79.1 Å². The third-order valence-electron chi connectivity index (χ3n) is 5.44. The van der Waals surface area contributed by atoms with Crippen LogP contribution in [0.4, 0.5) is 0 Å². The molecule has 0 N–H and O–H groups in total. The van der Waals surface area contributed by atoms with E-state index in [1.54, 1.807) is 0 Å². The first-order valence-electron chi connectivity index (χ1n) is 9.64. The number of aryl methyl sites for hydroxylation is 2. The van der Waals surface area contributed by atoms with Gasteiger partial charge in [-0.1, -0.05) is 62.7 Å². The van der Waals surface area contributed by atoms with E-state index < -0.39 is 0 Å². The molecule has 3 aromatic rings. The average molecular weight is 329 g/mol. The summed E-state index contributed by atoms with van der Waals surface area (Å²) in [6.07, 6.45) is 6.05. The summed E-state index contributed by atoms with van der Waals surface area (Å²) in [5.74, 6) is 0.768. The van der Waals surface area contributed by atoms with Crippen molar-refractivity contribution in [1.29, 1.82) is 0 Å². The van der Waals surface area contributed by atoms with Gasteiger partial charge in [-0.3, -0.25) is 0 Å². The highest BCUT2D eigenvalue weighted by atomic mass is 15.0. The molecule has 1 aliphatic carbocycles. The van der Waals surface area contributed by atoms with Crippen molar-refractivity contribution in [3.05, 3.63) is 77.5 Å². The minimum absolute atomic E-state index is 0.768. The Bertz CT molecular complexity index is 840. The maximum Gasteiger partial charge on any atom is 0.0534 e. The Morgan fingerprint density at radius 3 is 2.48 bits per heavy atom. The number of fused-ring (bicyclic) bond motifs is 1. The molecule has 1 atom stereocenters. The molecule has 4 rings (SSSR count). The van der Waals surface area contributed by atoms with Gasteiger partial charge in [0.05, 0.1) is 5.69 Å². The summed E-state index contributed by atoms with van der Waals surface area (Å²) in [7, 11) is 0. The summed E-state index contributed by atoms with van der Waals surface area (Å²) in [4.78, 5) is 0. The average Bonchev–Trinajstić information content (AvgIpc) is 3.02. The standard InChI is InChI=1S/C24H27N/c1-3-7-19-11-14-22(15-12-19)25-23-16-18(2)10-13-21(23)17-24(25)20-8-5-4-6-9-20/h4-6,8-9,11-12,14-15,17-18H,3,7,10,13,16H2,1-2H3. The summed E-state index contributed by atoms with van der Waals surface area (Å²) in [6, 6.07) is 22.5. The van der Waals surface area contributed by atoms with Crippen LogP contribution < -0.4 is 0 Å². The van der Waals surface area contributed by atoms with Crippen molar-refractivity contribution in [3.8, 4) is 16.9 Å². The van der Waals surface area contributed by atoms with Crippen LogP contribution in [-0.4, -0.2) is 4.57 Å². The van der Waals surface area contributed by atoms with E-state index in [0.717, 1.165) is 12.3 Å². The number of rotatable bonds is 4. The molecule has 0 saturated carbocycles. The molecule has 1 aliphatic rings. The van der Waals surface area contributed by atoms with Crippen LogP contribution in [0.3, 0.4) is 0 Å². The van der Waals surface area contributed by atoms with Crippen LogP contribution >= 0.6 is 0 Å². The normalized spacial score (nSPS) is 16.6. The monoisotopic (exact) mass is 329 g/mol. The van der Waals surface area contributed by atoms with E-state index in [0.29, 0.717) is 0 Å². The molecular formula is C24H27N. The molecule has 1 nitrogen and oxygen atoms in total. The Morgan fingerprint density at radius 1 is 1.00 bits per heavy atom. The van der Waals surface area contributed by atoms with Gasteiger partial charge in [0, 0.05) is 11.4 Å². The third-order valence-corrected chi connectivity index (χ3v) is 5.44. The second kappa shape index (κ2) is 6.92. The van der Waals surface area contributed by atoms with Gasteiger partial charge in [-0.25, -0.2) is 0 Å². The summed E-state index contributed by atoms with van der Waals surface area (Å²) in [5.41, 5.74) is 8.43. The predicted octanol–water partition coefficient (Wildman–Crippen LogP) is 6.22. The van der Waals surface area contributed by atoms with Gasteiger partial charge in [0.15, 0.2) is 0 Å². The highest BCUT2D eigenvalue weighted by Crippen LogP contribution is 2.35. The van der Waals surface area contributed by atoms with Crippen molar-refractivity contribution in [2.24, 2.45) is 5.92 Å². The molecule has 0 saturated heterocycles. The number of aromatic nitrogens is 1. The fraction of sp³-hybridized carbons (Fsp3) is 0.333. The Kier molecular flexibility index (Phi) is 4.48. The summed E-state index contributed by atoms with van der Waals surface area (Å²) >= 11 is 0. The van der Waals surface area contributed by atoms with Crippen molar-refractivity contribution in [1.82, 2.24) is 4.57 Å². The van der Waals surface area contributed by atoms with Crippen LogP contribution in [0.15, 0.2) is 60.7 Å². The molecule has 2 aromatic carbocycles. The van der Waals surface area contributed by atoms with Crippen LogP contribution in [0.5, 0.6) is 0 Å². The highest BCUT2D eigenvalue weighted by Gasteiger charge is 2.23. The van der Waals surface area contributed by atoms with Crippen molar-refractivity contribution in [2.45, 2.75) is 46.0 Å². The molecule has 1 heteroatoms. The first-order chi connectivity index (χ1) is 12.3. The largest absolute Gasteiger partial charge is 0.313 e. The van der Waals surface area contributed by atoms with E-state index in [1.165, 1.54) is 59.4 Å². The zero-order valence-corrected chi connectivity index (χ0v) is 15.3. The molecule has 0 spiro atoms. The second-order valence-electron chi connectivity index (χ2n) is 7.47. The van der Waals surface area contributed by atoms with Crippen LogP contribution in [-0.2, 0) is 19.3 Å². The minimum atomic E-state index is 0.768. The van der Waals surface area contributed by atoms with Crippen molar-refractivity contribution < 1.29 is 0 Å². The SMILES string of the molecule is CCCc1ccc(-n2c(-c3ccccc3)cc3c2CC(C)CC3)cc1. The molecular weight excluding hydrogens is 302 g/mol. The Hall–Kier alpha value is -2.28. The predicted molar refractivity (Wildman–Crippen MR) is 106 cm³/mol. The lowest BCUT2D eigenvalue weighted by atomic mass is 9.89. The number of nitrogens with zero attached hydrogens (tertiary/aromatic N) is 1. The lowest BCUT2D eigenvalue weighted by Gasteiger charge is -2.22. The molecule has 25 heavy (non-hydrogen) atoms. The highest BCUT2D eigenvalue weighted by molar-refractivity contribution is 5.66. The lowest BCUT2D eigenvalue weighted by Crippen LogP contribution is -2.14. The molecule has 128 valence electrons. The van der Waals surface area contributed by atoms with E-state index in [-0.39, 0.29) is 0 Å². The molecule has 0 bridgehead atoms. The van der Waals surface area contributed by atoms with E-state index in [9.17, 15) is 0 Å². The summed E-state index contributed by atoms with van der Waals surface area (Å²) in [5, 5.41) is 0. The van der Waals surface area contributed by atoms with Gasteiger partial charge in [-0.2, -0.15) is 0 Å². The van der Waals surface area contributed by atoms with Gasteiger partial charge < -0.3 is 4.57 Å². The Balaban J connectivity index is 1.85. The zero-order chi connectivity index (χ0) is 17.2. The van der Waals surface area contributed by atoms with Gasteiger partial charge >= 0.3 is 0 Å². The van der Waals surface area contributed by atoms with E-state index in [4.69, 9.17) is 0 Å². The van der Waals surface area contributed by atoms with Gasteiger partial charge in [0.1, 0.15) is 0 Å². The van der Waals surface area contributed by atoms with Gasteiger partial charge in [0.25, 0.3) is 0 Å². The molecule has 0 amide bonds. The van der Waals surface area contributed by atoms with E-state index in [1.807, 2.05) is 0 Å². The van der Waals surface area contributed by atoms with Crippen LogP contribution in [0.2, 0.25) is 0 Å². The van der Waals surface area contributed by atoms with Crippen molar-refractivity contribution in [3.63, 3.8) is 0 Å². The number of hydrogen-bond donors (Lipinski definition) is 0. The van der Waals surface area contributed by atoms with Crippen LogP contribution in [0.1, 0.15) is 43.5 Å². The number of benzene rings is 2. The van der Waals surface area contributed by atoms with Crippen molar-refractivity contribution in [2.75, 3.05) is 0 Å². The molecule has 1 unspecified atom stereocenters. The molecule has 1 aromatic heterocycles. The van der Waals surface area contributed by atoms with Gasteiger partial charge in [-0.15, -0.1) is 0 Å². The maximum absolute atomic E-state index is 2.51. The van der Waals surface area contributed by atoms with Crippen molar-refractivity contribution >= 4 is 0 Å². The van der Waals surface area contributed by atoms with Crippen LogP contribution in [0, 0.1) is 5.92 Å².